The van der Waals surface area contributed by atoms with Crippen molar-refractivity contribution in [3.63, 3.8) is 0 Å². The van der Waals surface area contributed by atoms with Crippen molar-refractivity contribution < 1.29 is 4.79 Å². The van der Waals surface area contributed by atoms with Gasteiger partial charge in [-0.15, -0.1) is 0 Å². The molecule has 5 heteroatoms. The highest BCUT2D eigenvalue weighted by atomic mass is 32.2. The van der Waals surface area contributed by atoms with Gasteiger partial charge in [0.05, 0.1) is 11.4 Å². The Balaban J connectivity index is 1.97. The van der Waals surface area contributed by atoms with Gasteiger partial charge in [0.1, 0.15) is 0 Å². The van der Waals surface area contributed by atoms with E-state index in [1.807, 2.05) is 6.92 Å². The number of rotatable bonds is 6. The quantitative estimate of drug-likeness (QED) is 0.815. The van der Waals surface area contributed by atoms with Gasteiger partial charge >= 0.3 is 0 Å². The first-order valence-electron chi connectivity index (χ1n) is 6.93. The Hall–Kier alpha value is -0.970. The Morgan fingerprint density at radius 3 is 2.74 bits per heavy atom. The molecule has 1 aromatic rings. The number of aromatic nitrogens is 2. The number of hydrogen-bond acceptors (Lipinski definition) is 3. The first-order valence-corrected chi connectivity index (χ1v) is 7.91. The number of amides is 1. The molecule has 1 aromatic heterocycles. The van der Waals surface area contributed by atoms with Gasteiger partial charge < -0.3 is 9.88 Å². The van der Waals surface area contributed by atoms with Crippen LogP contribution in [0.25, 0.3) is 0 Å². The van der Waals surface area contributed by atoms with Crippen LogP contribution < -0.4 is 5.32 Å². The van der Waals surface area contributed by atoms with Crippen molar-refractivity contribution in [2.24, 2.45) is 5.92 Å². The zero-order chi connectivity index (χ0) is 14.0. The fourth-order valence-corrected chi connectivity index (χ4v) is 2.85. The minimum absolute atomic E-state index is 0.127. The monoisotopic (exact) mass is 281 g/mol. The summed E-state index contributed by atoms with van der Waals surface area (Å²) in [5.41, 5.74) is 2.27. The molecule has 0 aliphatic heterocycles. The van der Waals surface area contributed by atoms with Crippen LogP contribution in [0, 0.1) is 19.8 Å². The zero-order valence-electron chi connectivity index (χ0n) is 12.2. The summed E-state index contributed by atoms with van der Waals surface area (Å²) in [5.74, 6) is 1.17. The summed E-state index contributed by atoms with van der Waals surface area (Å²) in [4.78, 5) is 16.3. The van der Waals surface area contributed by atoms with E-state index in [4.69, 9.17) is 0 Å². The molecule has 1 N–H and O–H groups in total. The Morgan fingerprint density at radius 1 is 1.47 bits per heavy atom. The molecule has 0 saturated heterocycles. The first kappa shape index (κ1) is 14.4. The smallest absolute Gasteiger partial charge is 0.230 e. The lowest BCUT2D eigenvalue weighted by Crippen LogP contribution is -2.27. The summed E-state index contributed by atoms with van der Waals surface area (Å²) in [7, 11) is 0. The van der Waals surface area contributed by atoms with E-state index in [1.165, 1.54) is 5.69 Å². The predicted molar refractivity (Wildman–Crippen MR) is 78.4 cm³/mol. The lowest BCUT2D eigenvalue weighted by Gasteiger charge is -2.12. The van der Waals surface area contributed by atoms with Gasteiger partial charge in [0.2, 0.25) is 5.91 Å². The van der Waals surface area contributed by atoms with Gasteiger partial charge in [-0.1, -0.05) is 25.6 Å². The van der Waals surface area contributed by atoms with Gasteiger partial charge in [-0.05, 0) is 32.6 Å². The van der Waals surface area contributed by atoms with E-state index in [0.717, 1.165) is 30.2 Å². The Bertz CT molecular complexity index is 464. The molecule has 0 radical (unpaired) electrons. The van der Waals surface area contributed by atoms with Gasteiger partial charge in [-0.3, -0.25) is 4.79 Å². The van der Waals surface area contributed by atoms with E-state index in [9.17, 15) is 4.79 Å². The number of carbonyl (C=O) groups is 1. The standard InChI is InChI=1S/C14H23N3OS/c1-9(2)7-17-11(4)10(3)15-14(17)19-8-13(18)16-12-5-6-12/h9,12H,5-8H2,1-4H3,(H,16,18). The normalized spacial score (nSPS) is 15.0. The van der Waals surface area contributed by atoms with E-state index in [0.29, 0.717) is 17.7 Å². The lowest BCUT2D eigenvalue weighted by atomic mass is 10.2. The average Bonchev–Trinajstić information content (AvgIpc) is 3.09. The predicted octanol–water partition coefficient (Wildman–Crippen LogP) is 2.53. The fraction of sp³-hybridized carbons (Fsp3) is 0.714. The molecule has 4 nitrogen and oxygen atoms in total. The number of carbonyl (C=O) groups excluding carboxylic acids is 1. The van der Waals surface area contributed by atoms with Gasteiger partial charge in [-0.2, -0.15) is 0 Å². The van der Waals surface area contributed by atoms with E-state index in [2.05, 4.69) is 35.6 Å². The molecule has 1 heterocycles. The molecular formula is C14H23N3OS. The van der Waals surface area contributed by atoms with Crippen molar-refractivity contribution in [1.82, 2.24) is 14.9 Å². The largest absolute Gasteiger partial charge is 0.353 e. The lowest BCUT2D eigenvalue weighted by molar-refractivity contribution is -0.118. The maximum Gasteiger partial charge on any atom is 0.230 e. The van der Waals surface area contributed by atoms with Gasteiger partial charge in [0.15, 0.2) is 5.16 Å². The molecule has 0 aromatic carbocycles. The summed E-state index contributed by atoms with van der Waals surface area (Å²) in [6.07, 6.45) is 2.27. The van der Waals surface area contributed by atoms with Crippen LogP contribution >= 0.6 is 11.8 Å². The fourth-order valence-electron chi connectivity index (χ4n) is 1.94. The van der Waals surface area contributed by atoms with E-state index in [-0.39, 0.29) is 5.91 Å². The summed E-state index contributed by atoms with van der Waals surface area (Å²) < 4.78 is 2.23. The number of aryl methyl sites for hydroxylation is 1. The van der Waals surface area contributed by atoms with Crippen LogP contribution in [0.5, 0.6) is 0 Å². The highest BCUT2D eigenvalue weighted by Gasteiger charge is 2.23. The van der Waals surface area contributed by atoms with Crippen molar-refractivity contribution in [2.45, 2.75) is 58.3 Å². The second-order valence-electron chi connectivity index (χ2n) is 5.70. The molecule has 0 unspecified atom stereocenters. The third kappa shape index (κ3) is 4.00. The molecule has 0 atom stereocenters. The van der Waals surface area contributed by atoms with Crippen LogP contribution in [0.4, 0.5) is 0 Å². The SMILES string of the molecule is Cc1nc(SCC(=O)NC2CC2)n(CC(C)C)c1C. The van der Waals surface area contributed by atoms with Gasteiger partial charge in [-0.25, -0.2) is 4.98 Å². The van der Waals surface area contributed by atoms with Crippen LogP contribution in [-0.4, -0.2) is 27.3 Å². The van der Waals surface area contributed by atoms with Crippen LogP contribution in [0.1, 0.15) is 38.1 Å². The zero-order valence-corrected chi connectivity index (χ0v) is 13.0. The topological polar surface area (TPSA) is 46.9 Å². The van der Waals surface area contributed by atoms with Gasteiger partial charge in [0, 0.05) is 18.3 Å². The van der Waals surface area contributed by atoms with Crippen LogP contribution in [-0.2, 0) is 11.3 Å². The van der Waals surface area contributed by atoms with Crippen LogP contribution in [0.2, 0.25) is 0 Å². The second-order valence-corrected chi connectivity index (χ2v) is 6.64. The summed E-state index contributed by atoms with van der Waals surface area (Å²) >= 11 is 1.54. The molecule has 106 valence electrons. The molecule has 1 saturated carbocycles. The van der Waals surface area contributed by atoms with E-state index >= 15 is 0 Å². The van der Waals surface area contributed by atoms with E-state index in [1.54, 1.807) is 11.8 Å². The highest BCUT2D eigenvalue weighted by molar-refractivity contribution is 7.99. The second kappa shape index (κ2) is 5.99. The van der Waals surface area contributed by atoms with Crippen molar-refractivity contribution in [3.8, 4) is 0 Å². The highest BCUT2D eigenvalue weighted by Crippen LogP contribution is 2.23. The van der Waals surface area contributed by atoms with Crippen molar-refractivity contribution in [2.75, 3.05) is 5.75 Å². The molecular weight excluding hydrogens is 258 g/mol. The molecule has 2 rings (SSSR count). The first-order chi connectivity index (χ1) is 8.97. The molecule has 19 heavy (non-hydrogen) atoms. The average molecular weight is 281 g/mol. The third-order valence-corrected chi connectivity index (χ3v) is 4.22. The van der Waals surface area contributed by atoms with E-state index < -0.39 is 0 Å². The van der Waals surface area contributed by atoms with Gasteiger partial charge in [0.25, 0.3) is 0 Å². The molecule has 0 bridgehead atoms. The van der Waals surface area contributed by atoms with Crippen LogP contribution in [0.15, 0.2) is 5.16 Å². The molecule has 1 amide bonds. The number of nitrogens with one attached hydrogen (secondary N) is 1. The Morgan fingerprint density at radius 2 is 2.16 bits per heavy atom. The maximum absolute atomic E-state index is 11.7. The number of nitrogens with zero attached hydrogens (tertiary/aromatic N) is 2. The van der Waals surface area contributed by atoms with Crippen molar-refractivity contribution in [3.05, 3.63) is 11.4 Å². The Labute approximate surface area is 119 Å². The molecule has 1 fully saturated rings. The molecule has 1 aliphatic rings. The minimum Gasteiger partial charge on any atom is -0.353 e. The van der Waals surface area contributed by atoms with Crippen LogP contribution in [0.3, 0.4) is 0 Å². The molecule has 1 aliphatic carbocycles. The van der Waals surface area contributed by atoms with Crippen molar-refractivity contribution in [1.29, 1.82) is 0 Å². The third-order valence-electron chi connectivity index (χ3n) is 3.25. The van der Waals surface area contributed by atoms with Crippen molar-refractivity contribution >= 4 is 17.7 Å². The minimum atomic E-state index is 0.127. The number of hydrogen-bond donors (Lipinski definition) is 1. The summed E-state index contributed by atoms with van der Waals surface area (Å²) in [6, 6.07) is 0.437. The summed E-state index contributed by atoms with van der Waals surface area (Å²) in [6.45, 7) is 9.48. The number of thioether (sulfide) groups is 1. The molecule has 0 spiro atoms. The number of imidazole rings is 1. The summed E-state index contributed by atoms with van der Waals surface area (Å²) in [5, 5.41) is 3.98. The maximum atomic E-state index is 11.7. The Kier molecular flexibility index (Phi) is 4.55.